The van der Waals surface area contributed by atoms with Gasteiger partial charge in [-0.2, -0.15) is 5.26 Å². The van der Waals surface area contributed by atoms with Gasteiger partial charge in [-0.15, -0.1) is 11.8 Å². The molecule has 27 heavy (non-hydrogen) atoms. The van der Waals surface area contributed by atoms with Crippen LogP contribution in [0.1, 0.15) is 12.0 Å². The van der Waals surface area contributed by atoms with E-state index in [1.165, 1.54) is 28.8 Å². The van der Waals surface area contributed by atoms with Crippen LogP contribution in [0.3, 0.4) is 0 Å². The number of thioether (sulfide) groups is 1. The van der Waals surface area contributed by atoms with Crippen LogP contribution in [0.15, 0.2) is 53.4 Å². The van der Waals surface area contributed by atoms with E-state index in [0.29, 0.717) is 5.69 Å². The molecule has 0 saturated heterocycles. The van der Waals surface area contributed by atoms with E-state index in [9.17, 15) is 14.0 Å². The Hall–Kier alpha value is -2.85. The first-order chi connectivity index (χ1) is 13.0. The summed E-state index contributed by atoms with van der Waals surface area (Å²) >= 11 is 1.20. The molecule has 7 heteroatoms. The number of carbonyl (C=O) groups is 2. The zero-order valence-electron chi connectivity index (χ0n) is 14.9. The highest BCUT2D eigenvalue weighted by atomic mass is 32.2. The highest BCUT2D eigenvalue weighted by Gasteiger charge is 2.17. The van der Waals surface area contributed by atoms with Crippen LogP contribution in [0.4, 0.5) is 10.1 Å². The number of amides is 1. The molecule has 0 spiro atoms. The average molecular weight is 386 g/mol. The van der Waals surface area contributed by atoms with Crippen molar-refractivity contribution in [1.29, 1.82) is 5.26 Å². The molecule has 0 radical (unpaired) electrons. The Morgan fingerprint density at radius 3 is 2.44 bits per heavy atom. The molecule has 0 saturated carbocycles. The summed E-state index contributed by atoms with van der Waals surface area (Å²) in [6.07, 6.45) is 0.175. The highest BCUT2D eigenvalue weighted by Crippen LogP contribution is 2.19. The summed E-state index contributed by atoms with van der Waals surface area (Å²) in [5.74, 6) is -1.26. The molecule has 0 fully saturated rings. The Bertz CT molecular complexity index is 817. The fourth-order valence-electron chi connectivity index (χ4n) is 2.22. The van der Waals surface area contributed by atoms with Gasteiger partial charge in [0.1, 0.15) is 5.82 Å². The van der Waals surface area contributed by atoms with E-state index in [-0.39, 0.29) is 24.5 Å². The van der Waals surface area contributed by atoms with E-state index in [0.717, 1.165) is 10.5 Å². The zero-order valence-corrected chi connectivity index (χ0v) is 15.7. The molecule has 0 unspecified atom stereocenters. The van der Waals surface area contributed by atoms with E-state index in [2.05, 4.69) is 0 Å². The first-order valence-electron chi connectivity index (χ1n) is 8.27. The Labute approximate surface area is 161 Å². The number of nitrogens with zero attached hydrogens (tertiary/aromatic N) is 2. The molecule has 0 aliphatic carbocycles. The number of anilines is 1. The van der Waals surface area contributed by atoms with Gasteiger partial charge >= 0.3 is 5.97 Å². The summed E-state index contributed by atoms with van der Waals surface area (Å²) in [6.45, 7) is 1.76. The van der Waals surface area contributed by atoms with Crippen molar-refractivity contribution in [2.24, 2.45) is 0 Å². The third-order valence-corrected chi connectivity index (χ3v) is 4.61. The summed E-state index contributed by atoms with van der Waals surface area (Å²) in [4.78, 5) is 26.5. The standard InChI is InChI=1S/C20H19FN2O3S/c1-15-3-7-17(8-4-15)23(12-2-11-22)19(24)13-26-20(25)14-27-18-9-5-16(21)6-10-18/h3-10H,2,12-14H2,1H3. The molecule has 2 rings (SSSR count). The van der Waals surface area contributed by atoms with Crippen LogP contribution in [0.25, 0.3) is 0 Å². The second kappa shape index (κ2) is 10.3. The molecule has 0 heterocycles. The predicted molar refractivity (Wildman–Crippen MR) is 102 cm³/mol. The first kappa shape index (κ1) is 20.5. The number of hydrogen-bond acceptors (Lipinski definition) is 5. The van der Waals surface area contributed by atoms with Crippen LogP contribution in [0, 0.1) is 24.1 Å². The van der Waals surface area contributed by atoms with Crippen molar-refractivity contribution in [3.63, 3.8) is 0 Å². The number of ether oxygens (including phenoxy) is 1. The number of carbonyl (C=O) groups excluding carboxylic acids is 2. The van der Waals surface area contributed by atoms with Crippen LogP contribution in [-0.4, -0.2) is 30.8 Å². The summed E-state index contributed by atoms with van der Waals surface area (Å²) in [5.41, 5.74) is 1.70. The van der Waals surface area contributed by atoms with Gasteiger partial charge in [0.05, 0.1) is 18.2 Å². The van der Waals surface area contributed by atoms with Crippen molar-refractivity contribution in [3.05, 3.63) is 59.9 Å². The summed E-state index contributed by atoms with van der Waals surface area (Å²) in [6, 6.07) is 15.1. The van der Waals surface area contributed by atoms with Gasteiger partial charge in [-0.25, -0.2) is 4.39 Å². The Balaban J connectivity index is 1.88. The van der Waals surface area contributed by atoms with Crippen molar-refractivity contribution >= 4 is 29.3 Å². The molecule has 1 amide bonds. The largest absolute Gasteiger partial charge is 0.455 e. The summed E-state index contributed by atoms with van der Waals surface area (Å²) in [7, 11) is 0. The van der Waals surface area contributed by atoms with Crippen LogP contribution < -0.4 is 4.90 Å². The fourth-order valence-corrected chi connectivity index (χ4v) is 2.92. The van der Waals surface area contributed by atoms with E-state index >= 15 is 0 Å². The minimum atomic E-state index is -0.540. The molecule has 2 aromatic carbocycles. The van der Waals surface area contributed by atoms with Crippen LogP contribution in [0.5, 0.6) is 0 Å². The first-order valence-corrected chi connectivity index (χ1v) is 9.26. The van der Waals surface area contributed by atoms with E-state index in [1.54, 1.807) is 24.3 Å². The topological polar surface area (TPSA) is 70.4 Å². The Morgan fingerprint density at radius 1 is 1.15 bits per heavy atom. The zero-order chi connectivity index (χ0) is 19.6. The number of benzene rings is 2. The maximum Gasteiger partial charge on any atom is 0.316 e. The average Bonchev–Trinajstić information content (AvgIpc) is 2.67. The lowest BCUT2D eigenvalue weighted by molar-refractivity contribution is -0.145. The smallest absolute Gasteiger partial charge is 0.316 e. The van der Waals surface area contributed by atoms with Crippen molar-refractivity contribution in [1.82, 2.24) is 0 Å². The van der Waals surface area contributed by atoms with Crippen LogP contribution in [-0.2, 0) is 14.3 Å². The minimum absolute atomic E-state index is 0.0155. The van der Waals surface area contributed by atoms with Gasteiger partial charge in [0.2, 0.25) is 0 Å². The van der Waals surface area contributed by atoms with Crippen molar-refractivity contribution < 1.29 is 18.7 Å². The lowest BCUT2D eigenvalue weighted by Gasteiger charge is -2.21. The quantitative estimate of drug-likeness (QED) is 0.511. The maximum atomic E-state index is 12.9. The second-order valence-electron chi connectivity index (χ2n) is 5.69. The molecule has 0 bridgehead atoms. The molecule has 0 aliphatic heterocycles. The summed E-state index contributed by atoms with van der Waals surface area (Å²) in [5, 5.41) is 8.80. The molecule has 0 aromatic heterocycles. The third-order valence-electron chi connectivity index (χ3n) is 3.62. The van der Waals surface area contributed by atoms with Gasteiger partial charge < -0.3 is 9.64 Å². The SMILES string of the molecule is Cc1ccc(N(CCC#N)C(=O)COC(=O)CSc2ccc(F)cc2)cc1. The molecular weight excluding hydrogens is 367 g/mol. The van der Waals surface area contributed by atoms with Gasteiger partial charge in [-0.05, 0) is 43.3 Å². The Kier molecular flexibility index (Phi) is 7.83. The van der Waals surface area contributed by atoms with Crippen molar-refractivity contribution in [2.45, 2.75) is 18.2 Å². The predicted octanol–water partition coefficient (Wildman–Crippen LogP) is 3.72. The molecule has 2 aromatic rings. The lowest BCUT2D eigenvalue weighted by atomic mass is 10.2. The van der Waals surface area contributed by atoms with E-state index in [4.69, 9.17) is 10.00 Å². The fraction of sp³-hybridized carbons (Fsp3) is 0.250. The molecule has 0 N–H and O–H groups in total. The third kappa shape index (κ3) is 6.76. The lowest BCUT2D eigenvalue weighted by Crippen LogP contribution is -2.35. The van der Waals surface area contributed by atoms with Gasteiger partial charge in [-0.3, -0.25) is 9.59 Å². The molecule has 0 aliphatic rings. The van der Waals surface area contributed by atoms with E-state index in [1.807, 2.05) is 25.1 Å². The number of nitriles is 1. The number of rotatable bonds is 8. The van der Waals surface area contributed by atoms with E-state index < -0.39 is 18.5 Å². The molecule has 5 nitrogen and oxygen atoms in total. The maximum absolute atomic E-state index is 12.9. The second-order valence-corrected chi connectivity index (χ2v) is 6.74. The minimum Gasteiger partial charge on any atom is -0.455 e. The monoisotopic (exact) mass is 386 g/mol. The van der Waals surface area contributed by atoms with Gasteiger partial charge in [-0.1, -0.05) is 17.7 Å². The highest BCUT2D eigenvalue weighted by molar-refractivity contribution is 8.00. The Morgan fingerprint density at radius 2 is 1.81 bits per heavy atom. The van der Waals surface area contributed by atoms with Crippen LogP contribution >= 0.6 is 11.8 Å². The van der Waals surface area contributed by atoms with Gasteiger partial charge in [0, 0.05) is 17.1 Å². The number of aryl methyl sites for hydroxylation is 1. The van der Waals surface area contributed by atoms with Crippen molar-refractivity contribution in [2.75, 3.05) is 23.8 Å². The number of hydrogen-bond donors (Lipinski definition) is 0. The molecular formula is C20H19FN2O3S. The normalized spacial score (nSPS) is 10.1. The van der Waals surface area contributed by atoms with Crippen LogP contribution in [0.2, 0.25) is 0 Å². The molecule has 0 atom stereocenters. The number of halogens is 1. The number of esters is 1. The van der Waals surface area contributed by atoms with Gasteiger partial charge in [0.15, 0.2) is 6.61 Å². The van der Waals surface area contributed by atoms with Crippen molar-refractivity contribution in [3.8, 4) is 6.07 Å². The molecule has 140 valence electrons. The summed E-state index contributed by atoms with van der Waals surface area (Å²) < 4.78 is 17.9. The van der Waals surface area contributed by atoms with Gasteiger partial charge in [0.25, 0.3) is 5.91 Å².